The molecule has 10 heteroatoms. The Bertz CT molecular complexity index is 735. The molecule has 1 aliphatic rings. The zero-order valence-corrected chi connectivity index (χ0v) is 12.5. The van der Waals surface area contributed by atoms with Crippen LogP contribution in [-0.4, -0.2) is 55.3 Å². The molecule has 0 amide bonds. The Labute approximate surface area is 129 Å². The van der Waals surface area contributed by atoms with Crippen LogP contribution in [0.25, 0.3) is 5.65 Å². The smallest absolute Gasteiger partial charge is 0.391 e. The van der Waals surface area contributed by atoms with Crippen molar-refractivity contribution in [2.24, 2.45) is 0 Å². The average Bonchev–Trinajstić information content (AvgIpc) is 2.85. The molecule has 126 valence electrons. The highest BCUT2D eigenvalue weighted by Crippen LogP contribution is 2.31. The molecule has 7 nitrogen and oxygen atoms in total. The van der Waals surface area contributed by atoms with Gasteiger partial charge in [-0.3, -0.25) is 0 Å². The lowest BCUT2D eigenvalue weighted by Crippen LogP contribution is -2.46. The molecule has 2 N–H and O–H groups in total. The number of aryl methyl sites for hydroxylation is 1. The number of anilines is 1. The van der Waals surface area contributed by atoms with Gasteiger partial charge in [0, 0.05) is 30.6 Å². The maximum Gasteiger partial charge on any atom is 0.453 e. The maximum absolute atomic E-state index is 13.0. The zero-order valence-electron chi connectivity index (χ0n) is 12.5. The van der Waals surface area contributed by atoms with Gasteiger partial charge in [-0.05, 0) is 13.8 Å². The van der Waals surface area contributed by atoms with E-state index in [0.29, 0.717) is 15.6 Å². The van der Waals surface area contributed by atoms with Crippen molar-refractivity contribution in [2.45, 2.75) is 38.7 Å². The van der Waals surface area contributed by atoms with Crippen molar-refractivity contribution in [1.82, 2.24) is 19.8 Å². The van der Waals surface area contributed by atoms with Crippen LogP contribution in [0.5, 0.6) is 0 Å². The number of fused-ring (bicyclic) bond motifs is 1. The van der Waals surface area contributed by atoms with E-state index in [0.717, 1.165) is 0 Å². The molecule has 0 saturated carbocycles. The van der Waals surface area contributed by atoms with Gasteiger partial charge < -0.3 is 15.1 Å². The third kappa shape index (κ3) is 2.72. The highest BCUT2D eigenvalue weighted by atomic mass is 19.4. The molecule has 0 spiro atoms. The second-order valence-corrected chi connectivity index (χ2v) is 5.78. The van der Waals surface area contributed by atoms with E-state index in [1.54, 1.807) is 18.7 Å². The number of aromatic nitrogens is 4. The van der Waals surface area contributed by atoms with Crippen LogP contribution in [0.1, 0.15) is 23.4 Å². The number of hydrogen-bond donors (Lipinski definition) is 2. The highest BCUT2D eigenvalue weighted by Gasteiger charge is 2.38. The highest BCUT2D eigenvalue weighted by molar-refractivity contribution is 5.59. The second-order valence-electron chi connectivity index (χ2n) is 5.78. The van der Waals surface area contributed by atoms with E-state index in [1.807, 2.05) is 0 Å². The van der Waals surface area contributed by atoms with E-state index in [1.165, 1.54) is 0 Å². The topological polar surface area (TPSA) is 86.8 Å². The molecule has 0 bridgehead atoms. The summed E-state index contributed by atoms with van der Waals surface area (Å²) >= 11 is 0. The summed E-state index contributed by atoms with van der Waals surface area (Å²) in [5, 5.41) is 30.4. The average molecular weight is 331 g/mol. The number of β-amino-alcohol motifs (C(OH)–C–C–N with tert-alkyl or cyclic N) is 2. The maximum atomic E-state index is 13.0. The summed E-state index contributed by atoms with van der Waals surface area (Å²) in [5.41, 5.74) is 1.20. The number of hydrogen-bond acceptors (Lipinski definition) is 6. The van der Waals surface area contributed by atoms with Gasteiger partial charge in [0.15, 0.2) is 11.5 Å². The number of alkyl halides is 3. The van der Waals surface area contributed by atoms with E-state index >= 15 is 0 Å². The fraction of sp³-hybridized carbons (Fsp3) is 0.615. The number of rotatable bonds is 1. The van der Waals surface area contributed by atoms with Crippen molar-refractivity contribution in [3.8, 4) is 0 Å². The van der Waals surface area contributed by atoms with Gasteiger partial charge in [-0.25, -0.2) is 0 Å². The first-order valence-corrected chi connectivity index (χ1v) is 7.09. The van der Waals surface area contributed by atoms with Crippen LogP contribution in [0.3, 0.4) is 0 Å². The molecule has 2 aromatic heterocycles. The molecular weight excluding hydrogens is 315 g/mol. The zero-order chi connectivity index (χ0) is 16.9. The van der Waals surface area contributed by atoms with Gasteiger partial charge in [-0.1, -0.05) is 0 Å². The molecule has 23 heavy (non-hydrogen) atoms. The lowest BCUT2D eigenvalue weighted by molar-refractivity contribution is -0.146. The van der Waals surface area contributed by atoms with E-state index in [9.17, 15) is 23.4 Å². The first-order chi connectivity index (χ1) is 10.7. The Morgan fingerprint density at radius 2 is 1.65 bits per heavy atom. The third-order valence-corrected chi connectivity index (χ3v) is 4.03. The van der Waals surface area contributed by atoms with Crippen molar-refractivity contribution in [1.29, 1.82) is 0 Å². The molecule has 1 aliphatic heterocycles. The van der Waals surface area contributed by atoms with Gasteiger partial charge in [-0.15, -0.1) is 15.3 Å². The van der Waals surface area contributed by atoms with Crippen LogP contribution in [-0.2, 0) is 6.18 Å². The van der Waals surface area contributed by atoms with Gasteiger partial charge in [-0.2, -0.15) is 17.7 Å². The number of aliphatic hydroxyl groups is 2. The van der Waals surface area contributed by atoms with Crippen molar-refractivity contribution < 1.29 is 23.4 Å². The lowest BCUT2D eigenvalue weighted by Gasteiger charge is -2.35. The van der Waals surface area contributed by atoms with Crippen molar-refractivity contribution in [2.75, 3.05) is 18.0 Å². The molecule has 2 aromatic rings. The van der Waals surface area contributed by atoms with Crippen LogP contribution >= 0.6 is 0 Å². The summed E-state index contributed by atoms with van der Waals surface area (Å²) in [5.74, 6) is -0.923. The second kappa shape index (κ2) is 5.31. The molecule has 0 radical (unpaired) electrons. The Balaban J connectivity index is 2.15. The molecule has 1 saturated heterocycles. The molecule has 3 heterocycles. The largest absolute Gasteiger partial charge is 0.453 e. The predicted molar refractivity (Wildman–Crippen MR) is 74.1 cm³/mol. The minimum atomic E-state index is -4.67. The molecule has 2 atom stereocenters. The van der Waals surface area contributed by atoms with Crippen LogP contribution < -0.4 is 4.90 Å². The summed E-state index contributed by atoms with van der Waals surface area (Å²) in [6.45, 7) is 3.74. The fourth-order valence-electron chi connectivity index (χ4n) is 2.81. The van der Waals surface area contributed by atoms with E-state index in [4.69, 9.17) is 0 Å². The van der Waals surface area contributed by atoms with Gasteiger partial charge in [0.25, 0.3) is 5.82 Å². The van der Waals surface area contributed by atoms with Crippen molar-refractivity contribution in [3.05, 3.63) is 17.0 Å². The Morgan fingerprint density at radius 1 is 1.04 bits per heavy atom. The Kier molecular flexibility index (Phi) is 3.68. The summed E-state index contributed by atoms with van der Waals surface area (Å²) in [6.07, 6.45) is -5.97. The molecule has 1 fully saturated rings. The minimum Gasteiger partial charge on any atom is -0.391 e. The van der Waals surface area contributed by atoms with E-state index < -0.39 is 24.2 Å². The quantitative estimate of drug-likeness (QED) is 0.800. The van der Waals surface area contributed by atoms with Crippen molar-refractivity contribution in [3.63, 3.8) is 0 Å². The first-order valence-electron chi connectivity index (χ1n) is 7.09. The van der Waals surface area contributed by atoms with E-state index in [-0.39, 0.29) is 31.0 Å². The normalized spacial score (nSPS) is 22.8. The number of halogens is 3. The standard InChI is InChI=1S/C13H16F3N5O2/c1-6-7(2)11(20-4-8(22)3-9(23)5-20)19-21-10(6)17-18-12(21)13(14,15)16/h8-9,22-23H,3-5H2,1-2H3/t8-,9+. The summed E-state index contributed by atoms with van der Waals surface area (Å²) in [4.78, 5) is 1.58. The predicted octanol–water partition coefficient (Wildman–Crippen LogP) is 0.692. The molecular formula is C13H16F3N5O2. The molecule has 0 aromatic carbocycles. The SMILES string of the molecule is Cc1c(N2C[C@H](O)C[C@H](O)C2)nn2c(C(F)(F)F)nnc2c1C. The lowest BCUT2D eigenvalue weighted by atomic mass is 10.0. The Morgan fingerprint density at radius 3 is 2.22 bits per heavy atom. The molecule has 0 unspecified atom stereocenters. The monoisotopic (exact) mass is 331 g/mol. The van der Waals surface area contributed by atoms with Crippen LogP contribution in [0.4, 0.5) is 19.0 Å². The fourth-order valence-corrected chi connectivity index (χ4v) is 2.81. The minimum absolute atomic E-state index is 0.0386. The van der Waals surface area contributed by atoms with Crippen molar-refractivity contribution >= 4 is 11.5 Å². The van der Waals surface area contributed by atoms with Gasteiger partial charge >= 0.3 is 6.18 Å². The number of nitrogens with zero attached hydrogens (tertiary/aromatic N) is 5. The van der Waals surface area contributed by atoms with Crippen LogP contribution in [0, 0.1) is 13.8 Å². The van der Waals surface area contributed by atoms with E-state index in [2.05, 4.69) is 15.3 Å². The molecule has 3 rings (SSSR count). The van der Waals surface area contributed by atoms with Crippen LogP contribution in [0.2, 0.25) is 0 Å². The Hall–Kier alpha value is -1.94. The number of aliphatic hydroxyl groups excluding tert-OH is 2. The third-order valence-electron chi connectivity index (χ3n) is 4.03. The number of piperidine rings is 1. The van der Waals surface area contributed by atoms with Gasteiger partial charge in [0.05, 0.1) is 12.2 Å². The first kappa shape index (κ1) is 15.9. The summed E-state index contributed by atoms with van der Waals surface area (Å²) < 4.78 is 39.7. The van der Waals surface area contributed by atoms with Gasteiger partial charge in [0.1, 0.15) is 0 Å². The summed E-state index contributed by atoms with van der Waals surface area (Å²) in [6, 6.07) is 0. The van der Waals surface area contributed by atoms with Gasteiger partial charge in [0.2, 0.25) is 0 Å². The summed E-state index contributed by atoms with van der Waals surface area (Å²) in [7, 11) is 0. The molecule has 0 aliphatic carbocycles. The van der Waals surface area contributed by atoms with Crippen LogP contribution in [0.15, 0.2) is 0 Å².